The number of nitrogens with zero attached hydrogens (tertiary/aromatic N) is 1. The van der Waals surface area contributed by atoms with E-state index in [9.17, 15) is 4.79 Å². The standard InChI is InChI=1S/C20H23NO5/c1-4-24-19-10-9-16(13-20(19)23-3)14-21-26-12-11-25-18-8-6-5-7-17(18)15(2)22/h5-10,13-14H,4,11-12H2,1-3H3/b21-14+. The molecule has 0 spiro atoms. The van der Waals surface area contributed by atoms with Gasteiger partial charge in [0.25, 0.3) is 0 Å². The Bertz CT molecular complexity index is 758. The Morgan fingerprint density at radius 1 is 1.04 bits per heavy atom. The molecule has 26 heavy (non-hydrogen) atoms. The predicted octanol–water partition coefficient (Wildman–Crippen LogP) is 3.73. The largest absolute Gasteiger partial charge is 0.493 e. The van der Waals surface area contributed by atoms with Crippen LogP contribution in [0, 0.1) is 0 Å². The second-order valence-corrected chi connectivity index (χ2v) is 5.31. The number of carbonyl (C=O) groups is 1. The first-order valence-corrected chi connectivity index (χ1v) is 8.34. The maximum atomic E-state index is 11.5. The summed E-state index contributed by atoms with van der Waals surface area (Å²) in [5.41, 5.74) is 1.38. The van der Waals surface area contributed by atoms with Gasteiger partial charge in [0.15, 0.2) is 23.9 Å². The van der Waals surface area contributed by atoms with Gasteiger partial charge in [-0.2, -0.15) is 0 Å². The number of methoxy groups -OCH3 is 1. The van der Waals surface area contributed by atoms with E-state index in [4.69, 9.17) is 19.0 Å². The van der Waals surface area contributed by atoms with Crippen LogP contribution in [0.1, 0.15) is 29.8 Å². The summed E-state index contributed by atoms with van der Waals surface area (Å²) in [5.74, 6) is 1.83. The third-order valence-electron chi connectivity index (χ3n) is 3.46. The van der Waals surface area contributed by atoms with E-state index in [0.717, 1.165) is 5.56 Å². The van der Waals surface area contributed by atoms with Crippen LogP contribution in [0.3, 0.4) is 0 Å². The summed E-state index contributed by atoms with van der Waals surface area (Å²) in [7, 11) is 1.59. The van der Waals surface area contributed by atoms with E-state index in [-0.39, 0.29) is 19.0 Å². The fourth-order valence-electron chi connectivity index (χ4n) is 2.26. The highest BCUT2D eigenvalue weighted by molar-refractivity contribution is 5.96. The third-order valence-corrected chi connectivity index (χ3v) is 3.46. The van der Waals surface area contributed by atoms with E-state index in [1.165, 1.54) is 6.92 Å². The lowest BCUT2D eigenvalue weighted by molar-refractivity contribution is 0.0987. The van der Waals surface area contributed by atoms with Crippen molar-refractivity contribution in [3.8, 4) is 17.2 Å². The number of hydrogen-bond donors (Lipinski definition) is 0. The van der Waals surface area contributed by atoms with Gasteiger partial charge in [-0.25, -0.2) is 0 Å². The first-order valence-electron chi connectivity index (χ1n) is 8.34. The van der Waals surface area contributed by atoms with Crippen LogP contribution in [0.15, 0.2) is 47.6 Å². The Morgan fingerprint density at radius 2 is 1.85 bits per heavy atom. The maximum Gasteiger partial charge on any atom is 0.163 e. The number of benzene rings is 2. The summed E-state index contributed by atoms with van der Waals surface area (Å²) < 4.78 is 16.3. The van der Waals surface area contributed by atoms with Gasteiger partial charge < -0.3 is 19.0 Å². The van der Waals surface area contributed by atoms with E-state index < -0.39 is 0 Å². The summed E-state index contributed by atoms with van der Waals surface area (Å²) in [5, 5.41) is 3.91. The fourth-order valence-corrected chi connectivity index (χ4v) is 2.26. The molecule has 0 amide bonds. The minimum atomic E-state index is -0.0380. The molecular weight excluding hydrogens is 334 g/mol. The Balaban J connectivity index is 1.82. The molecule has 2 aromatic rings. The molecular formula is C20H23NO5. The van der Waals surface area contributed by atoms with Crippen molar-refractivity contribution >= 4 is 12.0 Å². The van der Waals surface area contributed by atoms with Crippen molar-refractivity contribution in [2.75, 3.05) is 26.9 Å². The first kappa shape index (κ1) is 19.3. The lowest BCUT2D eigenvalue weighted by atomic mass is 10.1. The molecule has 0 aliphatic carbocycles. The molecule has 6 heteroatoms. The van der Waals surface area contributed by atoms with Crippen LogP contribution in [-0.2, 0) is 4.84 Å². The van der Waals surface area contributed by atoms with Crippen molar-refractivity contribution in [1.82, 2.24) is 0 Å². The normalized spacial score (nSPS) is 10.6. The van der Waals surface area contributed by atoms with Gasteiger partial charge in [-0.05, 0) is 44.2 Å². The zero-order chi connectivity index (χ0) is 18.8. The molecule has 2 rings (SSSR count). The number of ether oxygens (including phenoxy) is 3. The van der Waals surface area contributed by atoms with Gasteiger partial charge in [0.1, 0.15) is 12.4 Å². The summed E-state index contributed by atoms with van der Waals surface area (Å²) in [4.78, 5) is 16.7. The molecule has 0 N–H and O–H groups in total. The molecule has 0 bridgehead atoms. The monoisotopic (exact) mass is 357 g/mol. The molecule has 0 radical (unpaired) electrons. The van der Waals surface area contributed by atoms with Crippen LogP contribution in [0.2, 0.25) is 0 Å². The molecule has 0 saturated heterocycles. The van der Waals surface area contributed by atoms with Gasteiger partial charge >= 0.3 is 0 Å². The van der Waals surface area contributed by atoms with Crippen molar-refractivity contribution in [1.29, 1.82) is 0 Å². The zero-order valence-electron chi connectivity index (χ0n) is 15.2. The topological polar surface area (TPSA) is 66.3 Å². The maximum absolute atomic E-state index is 11.5. The van der Waals surface area contributed by atoms with E-state index in [1.807, 2.05) is 31.2 Å². The molecule has 0 unspecified atom stereocenters. The molecule has 2 aromatic carbocycles. The van der Waals surface area contributed by atoms with Crippen LogP contribution in [0.5, 0.6) is 17.2 Å². The van der Waals surface area contributed by atoms with E-state index in [1.54, 1.807) is 31.5 Å². The number of carbonyl (C=O) groups excluding carboxylic acids is 1. The molecule has 138 valence electrons. The van der Waals surface area contributed by atoms with Gasteiger partial charge in [0, 0.05) is 5.56 Å². The number of hydrogen-bond acceptors (Lipinski definition) is 6. The third kappa shape index (κ3) is 5.51. The highest BCUT2D eigenvalue weighted by Crippen LogP contribution is 2.27. The van der Waals surface area contributed by atoms with Crippen LogP contribution in [0.25, 0.3) is 0 Å². The Morgan fingerprint density at radius 3 is 2.58 bits per heavy atom. The molecule has 0 saturated carbocycles. The van der Waals surface area contributed by atoms with Crippen molar-refractivity contribution in [3.63, 3.8) is 0 Å². The molecule has 0 aliphatic rings. The van der Waals surface area contributed by atoms with Crippen molar-refractivity contribution in [2.24, 2.45) is 5.16 Å². The number of Topliss-reactive ketones (excluding diaryl/α,β-unsaturated/α-hetero) is 1. The molecule has 0 heterocycles. The van der Waals surface area contributed by atoms with Crippen molar-refractivity contribution in [3.05, 3.63) is 53.6 Å². The fraction of sp³-hybridized carbons (Fsp3) is 0.300. The van der Waals surface area contributed by atoms with Crippen LogP contribution >= 0.6 is 0 Å². The quantitative estimate of drug-likeness (QED) is 0.281. The smallest absolute Gasteiger partial charge is 0.163 e. The summed E-state index contributed by atoms with van der Waals surface area (Å²) >= 11 is 0. The van der Waals surface area contributed by atoms with Crippen molar-refractivity contribution in [2.45, 2.75) is 13.8 Å². The minimum Gasteiger partial charge on any atom is -0.493 e. The molecule has 0 aromatic heterocycles. The second-order valence-electron chi connectivity index (χ2n) is 5.31. The van der Waals surface area contributed by atoms with Crippen molar-refractivity contribution < 1.29 is 23.8 Å². The molecule has 0 aliphatic heterocycles. The van der Waals surface area contributed by atoms with Gasteiger partial charge in [-0.1, -0.05) is 17.3 Å². The van der Waals surface area contributed by atoms with E-state index in [0.29, 0.717) is 29.4 Å². The molecule has 6 nitrogen and oxygen atoms in total. The van der Waals surface area contributed by atoms with Crippen LogP contribution in [-0.4, -0.2) is 38.9 Å². The predicted molar refractivity (Wildman–Crippen MR) is 99.7 cm³/mol. The number of ketones is 1. The average Bonchev–Trinajstić information content (AvgIpc) is 2.65. The second kappa shape index (κ2) is 10.1. The van der Waals surface area contributed by atoms with E-state index >= 15 is 0 Å². The highest BCUT2D eigenvalue weighted by Gasteiger charge is 2.07. The minimum absolute atomic E-state index is 0.0380. The van der Waals surface area contributed by atoms with Crippen LogP contribution in [0.4, 0.5) is 0 Å². The first-order chi connectivity index (χ1) is 12.7. The molecule has 0 atom stereocenters. The SMILES string of the molecule is CCOc1ccc(/C=N/OCCOc2ccccc2C(C)=O)cc1OC. The Kier molecular flexibility index (Phi) is 7.49. The summed E-state index contributed by atoms with van der Waals surface area (Å²) in [6.45, 7) is 4.54. The summed E-state index contributed by atoms with van der Waals surface area (Å²) in [6, 6.07) is 12.6. The lowest BCUT2D eigenvalue weighted by Crippen LogP contribution is -2.07. The summed E-state index contributed by atoms with van der Waals surface area (Å²) in [6.07, 6.45) is 1.59. The lowest BCUT2D eigenvalue weighted by Gasteiger charge is -2.09. The number of para-hydroxylation sites is 1. The highest BCUT2D eigenvalue weighted by atomic mass is 16.6. The number of oxime groups is 1. The van der Waals surface area contributed by atoms with Crippen LogP contribution < -0.4 is 14.2 Å². The average molecular weight is 357 g/mol. The zero-order valence-corrected chi connectivity index (χ0v) is 15.2. The van der Waals surface area contributed by atoms with Gasteiger partial charge in [0.2, 0.25) is 0 Å². The Labute approximate surface area is 153 Å². The Hall–Kier alpha value is -3.02. The van der Waals surface area contributed by atoms with Gasteiger partial charge in [-0.3, -0.25) is 4.79 Å². The van der Waals surface area contributed by atoms with E-state index in [2.05, 4.69) is 5.16 Å². The van der Waals surface area contributed by atoms with Gasteiger partial charge in [-0.15, -0.1) is 0 Å². The number of rotatable bonds is 10. The molecule has 0 fully saturated rings. The van der Waals surface area contributed by atoms with Gasteiger partial charge in [0.05, 0.1) is 25.5 Å².